The summed E-state index contributed by atoms with van der Waals surface area (Å²) in [7, 11) is 7.80. The van der Waals surface area contributed by atoms with Crippen molar-refractivity contribution >= 4 is 17.3 Å². The maximum atomic E-state index is 12.6. The van der Waals surface area contributed by atoms with Crippen molar-refractivity contribution in [3.05, 3.63) is 46.9 Å². The summed E-state index contributed by atoms with van der Waals surface area (Å²) in [5, 5.41) is 1.61. The Morgan fingerprint density at radius 2 is 1.33 bits per heavy atom. The van der Waals surface area contributed by atoms with Crippen molar-refractivity contribution in [2.75, 3.05) is 35.5 Å². The van der Waals surface area contributed by atoms with Crippen LogP contribution in [0.1, 0.15) is 11.1 Å². The molecule has 0 fully saturated rings. The molecule has 0 aliphatic rings. The molecule has 0 aliphatic heterocycles. The summed E-state index contributed by atoms with van der Waals surface area (Å²) in [6.07, 6.45) is 1.74. The van der Waals surface area contributed by atoms with E-state index in [-0.39, 0.29) is 0 Å². The maximum Gasteiger partial charge on any atom is 0.203 e. The fraction of sp³-hybridized carbons (Fsp3) is 0.300. The molecular weight excluding hydrogens is 368 g/mol. The Kier molecular flexibility index (Phi) is 7.69. The zero-order valence-corrected chi connectivity index (χ0v) is 16.9. The van der Waals surface area contributed by atoms with Crippen molar-refractivity contribution in [3.8, 4) is 28.7 Å². The van der Waals surface area contributed by atoms with Gasteiger partial charge in [0.2, 0.25) is 5.75 Å². The van der Waals surface area contributed by atoms with Gasteiger partial charge in [-0.15, -0.1) is 0 Å². The summed E-state index contributed by atoms with van der Waals surface area (Å²) in [5.74, 6) is 3.15. The Morgan fingerprint density at radius 1 is 0.815 bits per heavy atom. The highest BCUT2D eigenvalue weighted by Crippen LogP contribution is 2.38. The molecule has 0 spiro atoms. The summed E-state index contributed by atoms with van der Waals surface area (Å²) in [6, 6.07) is 9.06. The minimum Gasteiger partial charge on any atom is -0.612 e. The minimum atomic E-state index is -1.26. The second kappa shape index (κ2) is 9.99. The molecule has 0 aromatic heterocycles. The van der Waals surface area contributed by atoms with Gasteiger partial charge in [0.05, 0.1) is 41.1 Å². The van der Waals surface area contributed by atoms with Gasteiger partial charge in [-0.1, -0.05) is 6.07 Å². The van der Waals surface area contributed by atoms with Crippen LogP contribution in [0.15, 0.2) is 35.7 Å². The number of hydrogen-bond donors (Lipinski definition) is 0. The first kappa shape index (κ1) is 20.8. The molecule has 0 radical (unpaired) electrons. The molecule has 6 nitrogen and oxygen atoms in total. The van der Waals surface area contributed by atoms with Gasteiger partial charge < -0.3 is 28.2 Å². The summed E-state index contributed by atoms with van der Waals surface area (Å²) < 4.78 is 39.2. The van der Waals surface area contributed by atoms with Crippen LogP contribution in [-0.2, 0) is 16.9 Å². The van der Waals surface area contributed by atoms with Gasteiger partial charge in [0.1, 0.15) is 22.7 Å². The van der Waals surface area contributed by atoms with Gasteiger partial charge in [-0.3, -0.25) is 0 Å². The lowest BCUT2D eigenvalue weighted by molar-refractivity contribution is 0.324. The fourth-order valence-electron chi connectivity index (χ4n) is 2.62. The number of benzene rings is 2. The van der Waals surface area contributed by atoms with Crippen LogP contribution in [0.25, 0.3) is 6.08 Å². The molecule has 0 saturated heterocycles. The Labute approximate surface area is 162 Å². The first-order chi connectivity index (χ1) is 13.1. The molecule has 0 aliphatic carbocycles. The van der Waals surface area contributed by atoms with Crippen LogP contribution in [-0.4, -0.2) is 40.1 Å². The molecule has 0 N–H and O–H groups in total. The highest BCUT2D eigenvalue weighted by atomic mass is 32.2. The van der Waals surface area contributed by atoms with E-state index in [0.29, 0.717) is 34.5 Å². The quantitative estimate of drug-likeness (QED) is 0.607. The van der Waals surface area contributed by atoms with Crippen molar-refractivity contribution in [3.63, 3.8) is 0 Å². The van der Waals surface area contributed by atoms with Crippen LogP contribution >= 0.6 is 0 Å². The third-order valence-corrected chi connectivity index (χ3v) is 4.94. The maximum absolute atomic E-state index is 12.6. The number of methoxy groups -OCH3 is 5. The van der Waals surface area contributed by atoms with Crippen molar-refractivity contribution < 1.29 is 28.2 Å². The van der Waals surface area contributed by atoms with Gasteiger partial charge in [0.15, 0.2) is 11.5 Å². The van der Waals surface area contributed by atoms with Crippen molar-refractivity contribution in [1.82, 2.24) is 0 Å². The standard InChI is InChI=1S/C20H24O6S/c1-22-16-7-6-8-17(23-2)15(16)9-10-27(21)13-14-11-18(24-3)20(26-5)19(12-14)25-4/h6-12H,13H2,1-5H3. The molecular formula is C20H24O6S. The molecule has 2 rings (SSSR count). The van der Waals surface area contributed by atoms with E-state index in [2.05, 4.69) is 0 Å². The second-order valence-corrected chi connectivity index (χ2v) is 6.76. The zero-order chi connectivity index (χ0) is 19.8. The Morgan fingerprint density at radius 3 is 1.78 bits per heavy atom. The monoisotopic (exact) mass is 392 g/mol. The first-order valence-corrected chi connectivity index (χ1v) is 9.51. The van der Waals surface area contributed by atoms with Crippen LogP contribution in [0.3, 0.4) is 0 Å². The van der Waals surface area contributed by atoms with Crippen molar-refractivity contribution in [2.24, 2.45) is 0 Å². The minimum absolute atomic E-state index is 0.296. The summed E-state index contributed by atoms with van der Waals surface area (Å²) in [6.45, 7) is 0. The Hall–Kier alpha value is -2.51. The van der Waals surface area contributed by atoms with E-state index in [1.165, 1.54) is 0 Å². The molecule has 1 unspecified atom stereocenters. The summed E-state index contributed by atoms with van der Waals surface area (Å²) in [4.78, 5) is 0. The molecule has 27 heavy (non-hydrogen) atoms. The highest BCUT2D eigenvalue weighted by molar-refractivity contribution is 7.93. The zero-order valence-electron chi connectivity index (χ0n) is 16.1. The van der Waals surface area contributed by atoms with Gasteiger partial charge in [-0.05, 0) is 35.4 Å². The lowest BCUT2D eigenvalue weighted by Gasteiger charge is -2.14. The lowest BCUT2D eigenvalue weighted by atomic mass is 10.2. The van der Waals surface area contributed by atoms with Gasteiger partial charge >= 0.3 is 0 Å². The van der Waals surface area contributed by atoms with E-state index in [1.807, 2.05) is 18.2 Å². The lowest BCUT2D eigenvalue weighted by Crippen LogP contribution is -2.03. The average molecular weight is 392 g/mol. The first-order valence-electron chi connectivity index (χ1n) is 8.13. The third-order valence-electron chi connectivity index (χ3n) is 3.89. The van der Waals surface area contributed by atoms with Crippen LogP contribution in [0, 0.1) is 0 Å². The largest absolute Gasteiger partial charge is 0.612 e. The Bertz CT molecular complexity index is 743. The van der Waals surface area contributed by atoms with Gasteiger partial charge in [0, 0.05) is 11.6 Å². The molecule has 7 heteroatoms. The van der Waals surface area contributed by atoms with Crippen LogP contribution in [0.5, 0.6) is 28.7 Å². The summed E-state index contributed by atoms with van der Waals surface area (Å²) >= 11 is -1.26. The normalized spacial score (nSPS) is 11.9. The van der Waals surface area contributed by atoms with E-state index < -0.39 is 11.2 Å². The molecule has 0 saturated carbocycles. The van der Waals surface area contributed by atoms with E-state index in [1.54, 1.807) is 59.2 Å². The molecule has 2 aromatic rings. The molecule has 146 valence electrons. The molecule has 0 heterocycles. The highest BCUT2D eigenvalue weighted by Gasteiger charge is 2.16. The second-order valence-electron chi connectivity index (χ2n) is 5.44. The van der Waals surface area contributed by atoms with E-state index in [9.17, 15) is 4.55 Å². The van der Waals surface area contributed by atoms with Crippen LogP contribution in [0.4, 0.5) is 0 Å². The van der Waals surface area contributed by atoms with E-state index >= 15 is 0 Å². The summed E-state index contributed by atoms with van der Waals surface area (Å²) in [5.41, 5.74) is 1.54. The predicted molar refractivity (Wildman–Crippen MR) is 107 cm³/mol. The van der Waals surface area contributed by atoms with Crippen LogP contribution in [0.2, 0.25) is 0 Å². The molecule has 0 amide bonds. The smallest absolute Gasteiger partial charge is 0.203 e. The van der Waals surface area contributed by atoms with Gasteiger partial charge in [0.25, 0.3) is 0 Å². The van der Waals surface area contributed by atoms with Crippen molar-refractivity contribution in [2.45, 2.75) is 5.75 Å². The van der Waals surface area contributed by atoms with E-state index in [4.69, 9.17) is 23.7 Å². The number of ether oxygens (including phenoxy) is 5. The fourth-order valence-corrected chi connectivity index (χ4v) is 3.50. The molecule has 2 aromatic carbocycles. The third kappa shape index (κ3) is 5.02. The predicted octanol–water partition coefficient (Wildman–Crippen LogP) is 3.65. The molecule has 0 bridgehead atoms. The molecule has 1 atom stereocenters. The number of rotatable bonds is 9. The topological polar surface area (TPSA) is 69.2 Å². The number of hydrogen-bond acceptors (Lipinski definition) is 6. The SMILES string of the molecule is COc1cccc(OC)c1C=C[S+]([O-])Cc1cc(OC)c(OC)c(OC)c1. The average Bonchev–Trinajstić information content (AvgIpc) is 2.70. The van der Waals surface area contributed by atoms with Crippen molar-refractivity contribution in [1.29, 1.82) is 0 Å². The van der Waals surface area contributed by atoms with Gasteiger partial charge in [-0.2, -0.15) is 0 Å². The van der Waals surface area contributed by atoms with Gasteiger partial charge in [-0.25, -0.2) is 0 Å². The Balaban J connectivity index is 2.24. The van der Waals surface area contributed by atoms with E-state index in [0.717, 1.165) is 11.1 Å². The van der Waals surface area contributed by atoms with Crippen LogP contribution < -0.4 is 23.7 Å².